The van der Waals surface area contributed by atoms with E-state index in [-0.39, 0.29) is 11.7 Å². The zero-order valence-corrected chi connectivity index (χ0v) is 11.3. The van der Waals surface area contributed by atoms with Gasteiger partial charge in [-0.25, -0.2) is 0 Å². The molecular formula is C13H19F3N2O. The third kappa shape index (κ3) is 4.02. The van der Waals surface area contributed by atoms with Gasteiger partial charge >= 0.3 is 6.18 Å². The maximum atomic E-state index is 12.8. The summed E-state index contributed by atoms with van der Waals surface area (Å²) in [6.07, 6.45) is -4.44. The molecule has 1 rings (SSSR count). The van der Waals surface area contributed by atoms with Gasteiger partial charge in [0.05, 0.1) is 12.2 Å². The Hall–Kier alpha value is -1.43. The van der Waals surface area contributed by atoms with E-state index in [4.69, 9.17) is 10.5 Å². The summed E-state index contributed by atoms with van der Waals surface area (Å²) in [5, 5.41) is 0. The van der Waals surface area contributed by atoms with Gasteiger partial charge in [-0.15, -0.1) is 0 Å². The van der Waals surface area contributed by atoms with Crippen molar-refractivity contribution in [1.82, 2.24) is 0 Å². The Labute approximate surface area is 111 Å². The summed E-state index contributed by atoms with van der Waals surface area (Å²) >= 11 is 0. The highest BCUT2D eigenvalue weighted by atomic mass is 19.4. The highest BCUT2D eigenvalue weighted by molar-refractivity contribution is 5.59. The molecule has 0 saturated heterocycles. The molecule has 0 unspecified atom stereocenters. The summed E-state index contributed by atoms with van der Waals surface area (Å²) in [7, 11) is 1.56. The molecule has 0 radical (unpaired) electrons. The van der Waals surface area contributed by atoms with E-state index in [1.54, 1.807) is 13.2 Å². The molecular weight excluding hydrogens is 257 g/mol. The SMILES string of the molecule is COCCN(c1ccc(N)c(C(F)(F)F)c1)C(C)C. The Kier molecular flexibility index (Phi) is 5.05. The molecule has 0 aromatic heterocycles. The van der Waals surface area contributed by atoms with Crippen LogP contribution in [-0.4, -0.2) is 26.3 Å². The van der Waals surface area contributed by atoms with Crippen molar-refractivity contribution < 1.29 is 17.9 Å². The number of halogens is 3. The topological polar surface area (TPSA) is 38.5 Å². The molecule has 19 heavy (non-hydrogen) atoms. The fourth-order valence-corrected chi connectivity index (χ4v) is 1.84. The minimum Gasteiger partial charge on any atom is -0.398 e. The van der Waals surface area contributed by atoms with Crippen LogP contribution in [0.25, 0.3) is 0 Å². The zero-order chi connectivity index (χ0) is 14.6. The van der Waals surface area contributed by atoms with Crippen LogP contribution in [0.1, 0.15) is 19.4 Å². The van der Waals surface area contributed by atoms with Crippen LogP contribution < -0.4 is 10.6 Å². The first-order valence-corrected chi connectivity index (χ1v) is 5.99. The van der Waals surface area contributed by atoms with Crippen LogP contribution in [0.3, 0.4) is 0 Å². The van der Waals surface area contributed by atoms with Crippen molar-refractivity contribution in [3.8, 4) is 0 Å². The van der Waals surface area contributed by atoms with E-state index in [1.807, 2.05) is 18.7 Å². The number of benzene rings is 1. The second-order valence-corrected chi connectivity index (χ2v) is 4.55. The predicted molar refractivity (Wildman–Crippen MR) is 70.2 cm³/mol. The van der Waals surface area contributed by atoms with Crippen LogP contribution in [0.2, 0.25) is 0 Å². The number of hydrogen-bond acceptors (Lipinski definition) is 3. The zero-order valence-electron chi connectivity index (χ0n) is 11.3. The van der Waals surface area contributed by atoms with Gasteiger partial charge in [0.15, 0.2) is 0 Å². The van der Waals surface area contributed by atoms with Crippen LogP contribution in [0.15, 0.2) is 18.2 Å². The maximum absolute atomic E-state index is 12.8. The molecule has 0 fully saturated rings. The molecule has 1 aromatic carbocycles. The second kappa shape index (κ2) is 6.14. The first kappa shape index (κ1) is 15.6. The molecule has 0 heterocycles. The molecule has 0 saturated carbocycles. The van der Waals surface area contributed by atoms with Gasteiger partial charge in [-0.3, -0.25) is 0 Å². The van der Waals surface area contributed by atoms with Crippen LogP contribution in [0, 0.1) is 0 Å². The van der Waals surface area contributed by atoms with Crippen molar-refractivity contribution in [1.29, 1.82) is 0 Å². The molecule has 0 bridgehead atoms. The van der Waals surface area contributed by atoms with Crippen LogP contribution >= 0.6 is 0 Å². The molecule has 3 nitrogen and oxygen atoms in total. The van der Waals surface area contributed by atoms with Crippen molar-refractivity contribution in [2.75, 3.05) is 30.9 Å². The number of hydrogen-bond donors (Lipinski definition) is 1. The molecule has 0 amide bonds. The standard InChI is InChI=1S/C13H19F3N2O/c1-9(2)18(6-7-19-3)10-4-5-12(17)11(8-10)13(14,15)16/h4-5,8-9H,6-7,17H2,1-3H3. The number of alkyl halides is 3. The number of nitrogens with zero attached hydrogens (tertiary/aromatic N) is 1. The summed E-state index contributed by atoms with van der Waals surface area (Å²) in [5.41, 5.74) is 4.83. The Morgan fingerprint density at radius 2 is 1.95 bits per heavy atom. The average Bonchev–Trinajstić information content (AvgIpc) is 2.29. The van der Waals surface area contributed by atoms with Crippen molar-refractivity contribution >= 4 is 11.4 Å². The molecule has 1 aromatic rings. The fourth-order valence-electron chi connectivity index (χ4n) is 1.84. The highest BCUT2D eigenvalue weighted by Gasteiger charge is 2.33. The lowest BCUT2D eigenvalue weighted by molar-refractivity contribution is -0.136. The quantitative estimate of drug-likeness (QED) is 0.840. The third-order valence-corrected chi connectivity index (χ3v) is 2.83. The Morgan fingerprint density at radius 3 is 2.42 bits per heavy atom. The monoisotopic (exact) mass is 276 g/mol. The fraction of sp³-hybridized carbons (Fsp3) is 0.538. The van der Waals surface area contributed by atoms with E-state index in [2.05, 4.69) is 0 Å². The van der Waals surface area contributed by atoms with E-state index < -0.39 is 11.7 Å². The Balaban J connectivity index is 3.11. The lowest BCUT2D eigenvalue weighted by Crippen LogP contribution is -2.34. The van der Waals surface area contributed by atoms with Gasteiger partial charge in [-0.05, 0) is 32.0 Å². The number of nitrogens with two attached hydrogens (primary N) is 1. The lowest BCUT2D eigenvalue weighted by atomic mass is 10.1. The maximum Gasteiger partial charge on any atom is 0.418 e. The van der Waals surface area contributed by atoms with Crippen molar-refractivity contribution in [2.45, 2.75) is 26.1 Å². The molecule has 0 aliphatic carbocycles. The van der Waals surface area contributed by atoms with E-state index in [0.29, 0.717) is 18.8 Å². The molecule has 6 heteroatoms. The largest absolute Gasteiger partial charge is 0.418 e. The molecule has 108 valence electrons. The molecule has 0 aliphatic heterocycles. The van der Waals surface area contributed by atoms with Crippen LogP contribution in [0.5, 0.6) is 0 Å². The first-order chi connectivity index (χ1) is 8.77. The number of anilines is 2. The average molecular weight is 276 g/mol. The smallest absolute Gasteiger partial charge is 0.398 e. The number of methoxy groups -OCH3 is 1. The summed E-state index contributed by atoms with van der Waals surface area (Å²) in [4.78, 5) is 1.85. The van der Waals surface area contributed by atoms with Gasteiger partial charge in [-0.2, -0.15) is 13.2 Å². The van der Waals surface area contributed by atoms with Crippen molar-refractivity contribution in [3.63, 3.8) is 0 Å². The minimum absolute atomic E-state index is 0.0693. The molecule has 2 N–H and O–H groups in total. The van der Waals surface area contributed by atoms with Gasteiger partial charge in [0.25, 0.3) is 0 Å². The Bertz CT molecular complexity index is 419. The van der Waals surface area contributed by atoms with Gasteiger partial charge < -0.3 is 15.4 Å². The second-order valence-electron chi connectivity index (χ2n) is 4.55. The lowest BCUT2D eigenvalue weighted by Gasteiger charge is -2.29. The summed E-state index contributed by atoms with van der Waals surface area (Å²) in [6.45, 7) is 4.80. The van der Waals surface area contributed by atoms with Gasteiger partial charge in [0.1, 0.15) is 0 Å². The number of nitrogen functional groups attached to an aromatic ring is 1. The summed E-state index contributed by atoms with van der Waals surface area (Å²) in [6, 6.07) is 4.05. The molecule has 0 spiro atoms. The van der Waals surface area contributed by atoms with E-state index >= 15 is 0 Å². The minimum atomic E-state index is -4.44. The third-order valence-electron chi connectivity index (χ3n) is 2.83. The van der Waals surface area contributed by atoms with Crippen LogP contribution in [-0.2, 0) is 10.9 Å². The molecule has 0 aliphatic rings. The highest BCUT2D eigenvalue weighted by Crippen LogP contribution is 2.36. The van der Waals surface area contributed by atoms with Crippen molar-refractivity contribution in [3.05, 3.63) is 23.8 Å². The number of ether oxygens (including phenoxy) is 1. The van der Waals surface area contributed by atoms with E-state index in [0.717, 1.165) is 6.07 Å². The van der Waals surface area contributed by atoms with E-state index in [1.165, 1.54) is 6.07 Å². The first-order valence-electron chi connectivity index (χ1n) is 5.99. The van der Waals surface area contributed by atoms with Gasteiger partial charge in [-0.1, -0.05) is 0 Å². The normalized spacial score (nSPS) is 11.9. The molecule has 0 atom stereocenters. The van der Waals surface area contributed by atoms with Crippen LogP contribution in [0.4, 0.5) is 24.5 Å². The summed E-state index contributed by atoms with van der Waals surface area (Å²) < 4.78 is 43.4. The van der Waals surface area contributed by atoms with E-state index in [9.17, 15) is 13.2 Å². The Morgan fingerprint density at radius 1 is 1.32 bits per heavy atom. The predicted octanol–water partition coefficient (Wildman–Crippen LogP) is 3.15. The van der Waals surface area contributed by atoms with Gasteiger partial charge in [0, 0.05) is 31.1 Å². The van der Waals surface area contributed by atoms with Gasteiger partial charge in [0.2, 0.25) is 0 Å². The summed E-state index contributed by atoms with van der Waals surface area (Å²) in [5.74, 6) is 0. The van der Waals surface area contributed by atoms with Crippen molar-refractivity contribution in [2.24, 2.45) is 0 Å². The number of rotatable bonds is 5.